The third-order valence-corrected chi connectivity index (χ3v) is 6.93. The average molecular weight is 415 g/mol. The van der Waals surface area contributed by atoms with Crippen molar-refractivity contribution in [3.8, 4) is 10.6 Å². The van der Waals surface area contributed by atoms with Crippen molar-refractivity contribution in [2.45, 2.75) is 45.2 Å². The summed E-state index contributed by atoms with van der Waals surface area (Å²) >= 11 is 1.47. The first-order valence-corrected chi connectivity index (χ1v) is 11.1. The number of rotatable bonds is 5. The molecule has 0 radical (unpaired) electrons. The molecule has 4 rings (SSSR count). The Morgan fingerprint density at radius 1 is 1.31 bits per heavy atom. The Morgan fingerprint density at radius 2 is 2.03 bits per heavy atom. The van der Waals surface area contributed by atoms with Crippen LogP contribution in [0.3, 0.4) is 0 Å². The van der Waals surface area contributed by atoms with Gasteiger partial charge in [-0.3, -0.25) is 14.7 Å². The lowest BCUT2D eigenvalue weighted by atomic mass is 9.95. The van der Waals surface area contributed by atoms with Gasteiger partial charge in [-0.15, -0.1) is 11.3 Å². The number of hydrogen-bond acceptors (Lipinski definition) is 6. The minimum Gasteiger partial charge on any atom is -0.447 e. The fourth-order valence-electron chi connectivity index (χ4n) is 4.09. The maximum absolute atomic E-state index is 12.9. The van der Waals surface area contributed by atoms with Crippen LogP contribution >= 0.6 is 11.3 Å². The third kappa shape index (κ3) is 3.99. The van der Waals surface area contributed by atoms with Crippen molar-refractivity contribution in [1.29, 1.82) is 0 Å². The topological polar surface area (TPSA) is 75.6 Å². The summed E-state index contributed by atoms with van der Waals surface area (Å²) in [5, 5.41) is 2.64. The summed E-state index contributed by atoms with van der Waals surface area (Å²) in [6.45, 7) is 6.04. The van der Waals surface area contributed by atoms with E-state index in [9.17, 15) is 9.59 Å². The van der Waals surface area contributed by atoms with Crippen molar-refractivity contribution in [2.24, 2.45) is 5.92 Å². The Hall–Kier alpha value is -2.48. The first kappa shape index (κ1) is 19.8. The van der Waals surface area contributed by atoms with Gasteiger partial charge in [0.15, 0.2) is 0 Å². The number of nitrogens with zero attached hydrogens (tertiary/aromatic N) is 4. The van der Waals surface area contributed by atoms with Crippen molar-refractivity contribution in [2.75, 3.05) is 19.7 Å². The maximum atomic E-state index is 12.9. The number of carbonyl (C=O) groups is 2. The van der Waals surface area contributed by atoms with Gasteiger partial charge in [-0.05, 0) is 30.9 Å². The lowest BCUT2D eigenvalue weighted by molar-refractivity contribution is 0.0610. The molecule has 0 saturated carbocycles. The highest BCUT2D eigenvalue weighted by atomic mass is 32.1. The van der Waals surface area contributed by atoms with E-state index in [1.807, 2.05) is 27.3 Å². The minimum atomic E-state index is -0.207. The van der Waals surface area contributed by atoms with Crippen molar-refractivity contribution in [1.82, 2.24) is 19.8 Å². The largest absolute Gasteiger partial charge is 0.447 e. The zero-order valence-electron chi connectivity index (χ0n) is 16.8. The van der Waals surface area contributed by atoms with Crippen LogP contribution in [0.1, 0.15) is 43.6 Å². The van der Waals surface area contributed by atoms with Gasteiger partial charge in [0.1, 0.15) is 17.3 Å². The van der Waals surface area contributed by atoms with Crippen molar-refractivity contribution < 1.29 is 14.3 Å². The Bertz CT molecular complexity index is 864. The molecule has 2 aliphatic heterocycles. The molecule has 2 fully saturated rings. The van der Waals surface area contributed by atoms with E-state index in [2.05, 4.69) is 23.8 Å². The smallest absolute Gasteiger partial charge is 0.410 e. The summed E-state index contributed by atoms with van der Waals surface area (Å²) in [4.78, 5) is 37.5. The molecule has 7 nitrogen and oxygen atoms in total. The molecule has 0 bridgehead atoms. The van der Waals surface area contributed by atoms with E-state index >= 15 is 0 Å². The van der Waals surface area contributed by atoms with Crippen LogP contribution in [0.4, 0.5) is 4.79 Å². The number of ether oxygens (including phenoxy) is 1. The Morgan fingerprint density at radius 3 is 2.72 bits per heavy atom. The first-order chi connectivity index (χ1) is 14.1. The molecular formula is C21H26N4O3S. The molecule has 0 N–H and O–H groups in total. The molecule has 0 aromatic carbocycles. The summed E-state index contributed by atoms with van der Waals surface area (Å²) < 4.78 is 5.34. The Kier molecular flexibility index (Phi) is 5.80. The van der Waals surface area contributed by atoms with Crippen LogP contribution in [0.2, 0.25) is 0 Å². The molecule has 0 aliphatic carbocycles. The van der Waals surface area contributed by atoms with Crippen molar-refractivity contribution in [3.05, 3.63) is 35.6 Å². The number of likely N-dealkylation sites (tertiary alicyclic amines) is 1. The standard InChI is InChI=1S/C21H26N4O3S/c1-3-14(2)18-12-28-21(27)25(18)16-6-10-24(11-7-16)20(26)17-13-29-19(23-17)15-4-8-22-9-5-15/h4-5,8-9,13-14,16,18H,3,6-7,10-12H2,1-2H3/t14-,18-/m0/s1. The summed E-state index contributed by atoms with van der Waals surface area (Å²) in [7, 11) is 0. The number of piperidine rings is 1. The van der Waals surface area contributed by atoms with Gasteiger partial charge in [0.05, 0.1) is 6.04 Å². The van der Waals surface area contributed by atoms with Crippen LogP contribution in [0.15, 0.2) is 29.9 Å². The van der Waals surface area contributed by atoms with E-state index in [-0.39, 0.29) is 24.1 Å². The molecule has 2 saturated heterocycles. The third-order valence-electron chi connectivity index (χ3n) is 6.04. The molecule has 2 amide bonds. The number of cyclic esters (lactones) is 1. The first-order valence-electron chi connectivity index (χ1n) is 10.2. The van der Waals surface area contributed by atoms with E-state index in [0.717, 1.165) is 29.8 Å². The zero-order chi connectivity index (χ0) is 20.4. The molecular weight excluding hydrogens is 388 g/mol. The predicted molar refractivity (Wildman–Crippen MR) is 111 cm³/mol. The lowest BCUT2D eigenvalue weighted by Crippen LogP contribution is -2.51. The van der Waals surface area contributed by atoms with E-state index in [4.69, 9.17) is 4.74 Å². The molecule has 0 spiro atoms. The maximum Gasteiger partial charge on any atom is 0.410 e. The minimum absolute atomic E-state index is 0.0394. The zero-order valence-corrected chi connectivity index (χ0v) is 17.6. The second-order valence-corrected chi connectivity index (χ2v) is 8.59. The monoisotopic (exact) mass is 414 g/mol. The predicted octanol–water partition coefficient (Wildman–Crippen LogP) is 3.68. The summed E-state index contributed by atoms with van der Waals surface area (Å²) in [5.41, 5.74) is 1.45. The van der Waals surface area contributed by atoms with Gasteiger partial charge >= 0.3 is 6.09 Å². The second-order valence-electron chi connectivity index (χ2n) is 7.73. The normalized spacial score (nSPS) is 21.3. The Balaban J connectivity index is 1.39. The van der Waals surface area contributed by atoms with Gasteiger partial charge in [-0.1, -0.05) is 20.3 Å². The second kappa shape index (κ2) is 8.49. The molecule has 2 aliphatic rings. The van der Waals surface area contributed by atoms with Crippen LogP contribution in [-0.4, -0.2) is 63.5 Å². The highest BCUT2D eigenvalue weighted by Crippen LogP contribution is 2.30. The van der Waals surface area contributed by atoms with E-state index in [1.165, 1.54) is 11.3 Å². The van der Waals surface area contributed by atoms with Crippen LogP contribution in [-0.2, 0) is 4.74 Å². The van der Waals surface area contributed by atoms with Crippen molar-refractivity contribution in [3.63, 3.8) is 0 Å². The van der Waals surface area contributed by atoms with Gasteiger partial charge in [0.2, 0.25) is 0 Å². The number of amides is 2. The molecule has 2 aromatic heterocycles. The number of pyridine rings is 1. The quantitative estimate of drug-likeness (QED) is 0.746. The lowest BCUT2D eigenvalue weighted by Gasteiger charge is -2.39. The number of aromatic nitrogens is 2. The van der Waals surface area contributed by atoms with Crippen LogP contribution in [0.5, 0.6) is 0 Å². The number of hydrogen-bond donors (Lipinski definition) is 0. The van der Waals surface area contributed by atoms with Crippen LogP contribution in [0.25, 0.3) is 10.6 Å². The molecule has 154 valence electrons. The number of thiazole rings is 1. The van der Waals surface area contributed by atoms with Gasteiger partial charge in [-0.2, -0.15) is 0 Å². The molecule has 2 atom stereocenters. The highest BCUT2D eigenvalue weighted by molar-refractivity contribution is 7.13. The van der Waals surface area contributed by atoms with Gasteiger partial charge in [0, 0.05) is 42.5 Å². The van der Waals surface area contributed by atoms with E-state index in [0.29, 0.717) is 31.3 Å². The highest BCUT2D eigenvalue weighted by Gasteiger charge is 2.41. The average Bonchev–Trinajstić information content (AvgIpc) is 3.41. The summed E-state index contributed by atoms with van der Waals surface area (Å²) in [6.07, 6.45) is 5.79. The molecule has 0 unspecified atom stereocenters. The van der Waals surface area contributed by atoms with Crippen molar-refractivity contribution >= 4 is 23.3 Å². The molecule has 4 heterocycles. The van der Waals surface area contributed by atoms with Gasteiger partial charge < -0.3 is 9.64 Å². The van der Waals surface area contributed by atoms with E-state index < -0.39 is 0 Å². The fraction of sp³-hybridized carbons (Fsp3) is 0.524. The van der Waals surface area contributed by atoms with Crippen LogP contribution < -0.4 is 0 Å². The van der Waals surface area contributed by atoms with E-state index in [1.54, 1.807) is 12.4 Å². The fourth-order valence-corrected chi connectivity index (χ4v) is 4.89. The Labute approximate surface area is 174 Å². The summed E-state index contributed by atoms with van der Waals surface area (Å²) in [5.74, 6) is 0.366. The van der Waals surface area contributed by atoms with Gasteiger partial charge in [-0.25, -0.2) is 9.78 Å². The summed E-state index contributed by atoms with van der Waals surface area (Å²) in [6, 6.07) is 4.06. The number of carbonyl (C=O) groups excluding carboxylic acids is 2. The molecule has 8 heteroatoms. The van der Waals surface area contributed by atoms with Crippen LogP contribution in [0, 0.1) is 5.92 Å². The molecule has 29 heavy (non-hydrogen) atoms. The van der Waals surface area contributed by atoms with Gasteiger partial charge in [0.25, 0.3) is 5.91 Å². The molecule has 2 aromatic rings. The SMILES string of the molecule is CC[C@H](C)[C@@H]1COC(=O)N1C1CCN(C(=O)c2csc(-c3ccncc3)n2)CC1.